The maximum atomic E-state index is 11.3. The van der Waals surface area contributed by atoms with Crippen molar-refractivity contribution >= 4 is 60.8 Å². The lowest BCUT2D eigenvalue weighted by Crippen LogP contribution is -2.23. The molecule has 0 saturated carbocycles. The first-order valence-electron chi connectivity index (χ1n) is 10.5. The highest BCUT2D eigenvalue weighted by molar-refractivity contribution is 7.22. The van der Waals surface area contributed by atoms with Gasteiger partial charge in [0.15, 0.2) is 27.6 Å². The number of aliphatic hydroxyl groups is 1. The van der Waals surface area contributed by atoms with E-state index in [4.69, 9.17) is 4.74 Å². The monoisotopic (exact) mass is 500 g/mol. The van der Waals surface area contributed by atoms with Gasteiger partial charge in [-0.1, -0.05) is 23.5 Å². The Bertz CT molecular complexity index is 1240. The Balaban J connectivity index is 1.55. The predicted octanol–water partition coefficient (Wildman–Crippen LogP) is 4.22. The van der Waals surface area contributed by atoms with E-state index in [0.717, 1.165) is 20.9 Å². The third kappa shape index (κ3) is 5.65. The first-order valence-corrected chi connectivity index (χ1v) is 12.2. The number of carbonyl (C=O) groups is 1. The molecule has 1 aromatic carbocycles. The second-order valence-corrected chi connectivity index (χ2v) is 9.44. The zero-order valence-electron chi connectivity index (χ0n) is 18.6. The fourth-order valence-electron chi connectivity index (χ4n) is 3.31. The van der Waals surface area contributed by atoms with Gasteiger partial charge < -0.3 is 25.2 Å². The number of rotatable bonds is 11. The van der Waals surface area contributed by atoms with Crippen LogP contribution < -0.4 is 10.2 Å². The van der Waals surface area contributed by atoms with Crippen molar-refractivity contribution in [3.05, 3.63) is 47.0 Å². The van der Waals surface area contributed by atoms with E-state index in [1.54, 1.807) is 7.11 Å². The van der Waals surface area contributed by atoms with Crippen LogP contribution >= 0.6 is 22.7 Å². The largest absolute Gasteiger partial charge is 0.476 e. The maximum Gasteiger partial charge on any atom is 0.355 e. The fourth-order valence-corrected chi connectivity index (χ4v) is 5.01. The molecule has 34 heavy (non-hydrogen) atoms. The van der Waals surface area contributed by atoms with Crippen LogP contribution in [-0.2, 0) is 4.74 Å². The minimum atomic E-state index is -1.09. The molecule has 12 heteroatoms. The quantitative estimate of drug-likeness (QED) is 0.275. The number of nitrogens with one attached hydrogen (secondary N) is 1. The van der Waals surface area contributed by atoms with Gasteiger partial charge in [0.1, 0.15) is 0 Å². The maximum absolute atomic E-state index is 11.3. The lowest BCUT2D eigenvalue weighted by Gasteiger charge is -2.22. The van der Waals surface area contributed by atoms with E-state index in [1.807, 2.05) is 42.2 Å². The lowest BCUT2D eigenvalue weighted by molar-refractivity contribution is 0.0584. The highest BCUT2D eigenvalue weighted by Crippen LogP contribution is 2.31. The Labute approximate surface area is 203 Å². The summed E-state index contributed by atoms with van der Waals surface area (Å²) in [6.45, 7) is 2.65. The molecule has 3 N–H and O–H groups in total. The molecule has 1 atom stereocenters. The van der Waals surface area contributed by atoms with Gasteiger partial charge in [0.2, 0.25) is 0 Å². The molecule has 0 aliphatic carbocycles. The second-order valence-electron chi connectivity index (χ2n) is 7.57. The molecule has 0 aliphatic heterocycles. The molecule has 0 saturated heterocycles. The number of ether oxygens (including phenoxy) is 1. The summed E-state index contributed by atoms with van der Waals surface area (Å²) in [5.41, 5.74) is 1.74. The van der Waals surface area contributed by atoms with Crippen molar-refractivity contribution in [1.82, 2.24) is 20.2 Å². The molecule has 0 spiro atoms. The number of aliphatic hydroxyl groups excluding tert-OH is 1. The molecule has 178 valence electrons. The lowest BCUT2D eigenvalue weighted by atomic mass is 10.2. The zero-order valence-corrected chi connectivity index (χ0v) is 20.3. The molecule has 1 unspecified atom stereocenters. The smallest absolute Gasteiger partial charge is 0.355 e. The van der Waals surface area contributed by atoms with Crippen molar-refractivity contribution in [2.24, 2.45) is 0 Å². The number of para-hydroxylation sites is 1. The molecule has 4 rings (SSSR count). The number of carboxylic acid groups (broad SMARTS) is 1. The molecule has 3 heterocycles. The van der Waals surface area contributed by atoms with Gasteiger partial charge in [-0.15, -0.1) is 21.5 Å². The predicted molar refractivity (Wildman–Crippen MR) is 133 cm³/mol. The molecule has 0 amide bonds. The minimum Gasteiger partial charge on any atom is -0.476 e. The standard InChI is InChI=1S/C22H24N6O4S2/c1-13-10-18(26-27-19(13)25-21-23-15-7-3-4-8-17(15)34-21)28(9-5-6-14(29)11-32-2)22-24-16(12-33-22)20(30)31/h3-4,7-8,10,12,14,29H,5-6,9,11H2,1-2H3,(H,30,31)(H,23,25,27). The van der Waals surface area contributed by atoms with Crippen LogP contribution in [0.5, 0.6) is 0 Å². The van der Waals surface area contributed by atoms with Crippen LogP contribution in [0.4, 0.5) is 21.9 Å². The topological polar surface area (TPSA) is 134 Å². The van der Waals surface area contributed by atoms with E-state index < -0.39 is 12.1 Å². The van der Waals surface area contributed by atoms with Gasteiger partial charge in [-0.2, -0.15) is 0 Å². The molecule has 0 aliphatic rings. The van der Waals surface area contributed by atoms with Crippen LogP contribution in [0.1, 0.15) is 28.9 Å². The fraction of sp³-hybridized carbons (Fsp3) is 0.318. The van der Waals surface area contributed by atoms with Crippen molar-refractivity contribution in [2.75, 3.05) is 30.5 Å². The number of aromatic carboxylic acids is 1. The number of anilines is 4. The zero-order chi connectivity index (χ0) is 24.1. The Morgan fingerprint density at radius 1 is 1.26 bits per heavy atom. The Morgan fingerprint density at radius 2 is 2.09 bits per heavy atom. The summed E-state index contributed by atoms with van der Waals surface area (Å²) < 4.78 is 6.06. The molecular formula is C22H24N6O4S2. The average Bonchev–Trinajstić information content (AvgIpc) is 3.45. The number of methoxy groups -OCH3 is 1. The summed E-state index contributed by atoms with van der Waals surface area (Å²) in [6.07, 6.45) is 0.565. The van der Waals surface area contributed by atoms with E-state index in [2.05, 4.69) is 25.5 Å². The van der Waals surface area contributed by atoms with E-state index in [1.165, 1.54) is 28.1 Å². The highest BCUT2D eigenvalue weighted by atomic mass is 32.1. The third-order valence-electron chi connectivity index (χ3n) is 4.99. The van der Waals surface area contributed by atoms with Gasteiger partial charge in [-0.05, 0) is 43.5 Å². The van der Waals surface area contributed by atoms with E-state index in [0.29, 0.717) is 36.2 Å². The third-order valence-corrected chi connectivity index (χ3v) is 6.80. The van der Waals surface area contributed by atoms with Crippen LogP contribution in [0.3, 0.4) is 0 Å². The van der Waals surface area contributed by atoms with E-state index >= 15 is 0 Å². The Morgan fingerprint density at radius 3 is 2.79 bits per heavy atom. The number of benzene rings is 1. The van der Waals surface area contributed by atoms with E-state index in [9.17, 15) is 15.0 Å². The highest BCUT2D eigenvalue weighted by Gasteiger charge is 2.19. The first kappa shape index (κ1) is 24.0. The van der Waals surface area contributed by atoms with Crippen LogP contribution in [0.2, 0.25) is 0 Å². The van der Waals surface area contributed by atoms with E-state index in [-0.39, 0.29) is 12.3 Å². The number of fused-ring (bicyclic) bond motifs is 1. The van der Waals surface area contributed by atoms with Gasteiger partial charge in [-0.3, -0.25) is 0 Å². The number of nitrogens with zero attached hydrogens (tertiary/aromatic N) is 5. The van der Waals surface area contributed by atoms with Crippen LogP contribution in [0.25, 0.3) is 10.2 Å². The van der Waals surface area contributed by atoms with Crippen LogP contribution in [0.15, 0.2) is 35.7 Å². The van der Waals surface area contributed by atoms with Gasteiger partial charge >= 0.3 is 5.97 Å². The SMILES string of the molecule is COCC(O)CCCN(c1cc(C)c(Nc2nc3ccccc3s2)nn1)c1nc(C(=O)O)cs1. The number of thiazole rings is 2. The van der Waals surface area contributed by atoms with Gasteiger partial charge in [-0.25, -0.2) is 14.8 Å². The summed E-state index contributed by atoms with van der Waals surface area (Å²) in [5.74, 6) is 0.0409. The molecular weight excluding hydrogens is 476 g/mol. The Kier molecular flexibility index (Phi) is 7.63. The van der Waals surface area contributed by atoms with Crippen molar-refractivity contribution in [1.29, 1.82) is 0 Å². The van der Waals surface area contributed by atoms with Crippen molar-refractivity contribution in [3.63, 3.8) is 0 Å². The molecule has 3 aromatic heterocycles. The number of hydrogen-bond acceptors (Lipinski definition) is 11. The summed E-state index contributed by atoms with van der Waals surface area (Å²) in [4.78, 5) is 21.9. The molecule has 4 aromatic rings. The number of aryl methyl sites for hydroxylation is 1. The number of aromatic nitrogens is 4. The summed E-state index contributed by atoms with van der Waals surface area (Å²) in [7, 11) is 1.54. The number of carboxylic acids is 1. The van der Waals surface area contributed by atoms with Crippen LogP contribution in [-0.4, -0.2) is 62.7 Å². The van der Waals surface area contributed by atoms with Crippen molar-refractivity contribution in [2.45, 2.75) is 25.9 Å². The summed E-state index contributed by atoms with van der Waals surface area (Å²) in [6, 6.07) is 9.76. The minimum absolute atomic E-state index is 0.0248. The van der Waals surface area contributed by atoms with Crippen LogP contribution in [0, 0.1) is 6.92 Å². The van der Waals surface area contributed by atoms with Gasteiger partial charge in [0, 0.05) is 19.0 Å². The van der Waals surface area contributed by atoms with Crippen molar-refractivity contribution < 1.29 is 19.7 Å². The molecule has 10 nitrogen and oxygen atoms in total. The van der Waals surface area contributed by atoms with Crippen molar-refractivity contribution in [3.8, 4) is 0 Å². The molecule has 0 bridgehead atoms. The van der Waals surface area contributed by atoms with Gasteiger partial charge in [0.25, 0.3) is 0 Å². The number of hydrogen-bond donors (Lipinski definition) is 3. The summed E-state index contributed by atoms with van der Waals surface area (Å²) in [5, 5.41) is 33.9. The summed E-state index contributed by atoms with van der Waals surface area (Å²) >= 11 is 2.75. The second kappa shape index (κ2) is 10.8. The first-order chi connectivity index (χ1) is 16.4. The normalized spacial score (nSPS) is 12.1. The molecule has 0 radical (unpaired) electrons. The Hall–Kier alpha value is -3.19. The van der Waals surface area contributed by atoms with Gasteiger partial charge in [0.05, 0.1) is 22.9 Å². The molecule has 0 fully saturated rings. The average molecular weight is 501 g/mol.